The molecular weight excluding hydrogens is 366 g/mol. The number of halogens is 2. The average Bonchev–Trinajstić information content (AvgIpc) is 2.42. The van der Waals surface area contributed by atoms with Crippen molar-refractivity contribution in [2.75, 3.05) is 0 Å². The van der Waals surface area contributed by atoms with Gasteiger partial charge in [-0.25, -0.2) is 4.79 Å². The summed E-state index contributed by atoms with van der Waals surface area (Å²) in [5.74, 6) is -1.05. The van der Waals surface area contributed by atoms with E-state index < -0.39 is 10.9 Å². The highest BCUT2D eigenvalue weighted by Gasteiger charge is 2.16. The Balaban J connectivity index is 2.45. The second-order valence-corrected chi connectivity index (χ2v) is 5.21. The van der Waals surface area contributed by atoms with Gasteiger partial charge in [-0.1, -0.05) is 11.6 Å². The molecule has 21 heavy (non-hydrogen) atoms. The summed E-state index contributed by atoms with van der Waals surface area (Å²) in [6.45, 7) is 0. The molecule has 0 aliphatic rings. The Bertz CT molecular complexity index is 734. The van der Waals surface area contributed by atoms with Crippen LogP contribution in [0, 0.1) is 10.1 Å². The number of nitro groups is 1. The van der Waals surface area contributed by atoms with E-state index in [1.165, 1.54) is 36.4 Å². The molecule has 0 aliphatic carbocycles. The van der Waals surface area contributed by atoms with Gasteiger partial charge in [0.25, 0.3) is 5.69 Å². The summed E-state index contributed by atoms with van der Waals surface area (Å²) in [4.78, 5) is 21.4. The fourth-order valence-electron chi connectivity index (χ4n) is 1.56. The Labute approximate surface area is 132 Å². The molecule has 6 nitrogen and oxygen atoms in total. The maximum absolute atomic E-state index is 11.2. The molecule has 2 rings (SSSR count). The molecule has 0 heterocycles. The zero-order valence-electron chi connectivity index (χ0n) is 10.2. The monoisotopic (exact) mass is 371 g/mol. The number of nitrogens with zero attached hydrogens (tertiary/aromatic N) is 1. The second kappa shape index (κ2) is 6.11. The lowest BCUT2D eigenvalue weighted by Crippen LogP contribution is -2.00. The van der Waals surface area contributed by atoms with Gasteiger partial charge in [0.1, 0.15) is 17.1 Å². The van der Waals surface area contributed by atoms with Crippen LogP contribution in [0.25, 0.3) is 0 Å². The second-order valence-electron chi connectivity index (χ2n) is 3.92. The Hall–Kier alpha value is -2.12. The number of carbonyl (C=O) groups is 1. The number of ether oxygens (including phenoxy) is 1. The quantitative estimate of drug-likeness (QED) is 0.630. The molecule has 108 valence electrons. The topological polar surface area (TPSA) is 89.7 Å². The van der Waals surface area contributed by atoms with Gasteiger partial charge < -0.3 is 9.84 Å². The first kappa shape index (κ1) is 15.3. The number of nitro benzene ring substituents is 1. The minimum absolute atomic E-state index is 0.0353. The highest BCUT2D eigenvalue weighted by atomic mass is 79.9. The van der Waals surface area contributed by atoms with E-state index in [1.807, 2.05) is 0 Å². The number of carboxylic acids is 1. The lowest BCUT2D eigenvalue weighted by molar-refractivity contribution is -0.384. The average molecular weight is 373 g/mol. The van der Waals surface area contributed by atoms with Crippen molar-refractivity contribution in [2.24, 2.45) is 0 Å². The molecule has 8 heteroatoms. The molecule has 0 radical (unpaired) electrons. The summed E-state index contributed by atoms with van der Waals surface area (Å²) in [5, 5.41) is 20.1. The van der Waals surface area contributed by atoms with E-state index in [0.717, 1.165) is 0 Å². The van der Waals surface area contributed by atoms with Crippen molar-refractivity contribution in [3.05, 3.63) is 61.6 Å². The third kappa shape index (κ3) is 3.50. The largest absolute Gasteiger partial charge is 0.478 e. The smallest absolute Gasteiger partial charge is 0.339 e. The summed E-state index contributed by atoms with van der Waals surface area (Å²) < 4.78 is 5.91. The van der Waals surface area contributed by atoms with E-state index in [1.54, 1.807) is 0 Å². The molecule has 0 saturated heterocycles. The highest BCUT2D eigenvalue weighted by molar-refractivity contribution is 9.10. The predicted molar refractivity (Wildman–Crippen MR) is 79.3 cm³/mol. The van der Waals surface area contributed by atoms with Gasteiger partial charge in [0.15, 0.2) is 0 Å². The third-order valence-electron chi connectivity index (χ3n) is 2.52. The van der Waals surface area contributed by atoms with Crippen LogP contribution in [0.2, 0.25) is 5.02 Å². The van der Waals surface area contributed by atoms with E-state index >= 15 is 0 Å². The number of rotatable bonds is 4. The molecule has 0 saturated carbocycles. The molecule has 0 amide bonds. The summed E-state index contributed by atoms with van der Waals surface area (Å²) in [6.07, 6.45) is 0. The standard InChI is InChI=1S/C13H7BrClNO5/c14-10-3-2-8(16(19)20)6-12(10)21-11-4-1-7(15)5-9(11)13(17)18/h1-6H,(H,17,18). The Morgan fingerprint density at radius 1 is 1.24 bits per heavy atom. The first-order chi connectivity index (χ1) is 9.88. The fourth-order valence-corrected chi connectivity index (χ4v) is 2.06. The molecule has 0 fully saturated rings. The number of hydrogen-bond acceptors (Lipinski definition) is 4. The molecule has 0 spiro atoms. The lowest BCUT2D eigenvalue weighted by Gasteiger charge is -2.10. The van der Waals surface area contributed by atoms with Crippen molar-refractivity contribution < 1.29 is 19.6 Å². The first-order valence-corrected chi connectivity index (χ1v) is 6.70. The maximum atomic E-state index is 11.2. The molecule has 2 aromatic rings. The van der Waals surface area contributed by atoms with Gasteiger partial charge in [-0.3, -0.25) is 10.1 Å². The Morgan fingerprint density at radius 2 is 1.95 bits per heavy atom. The fraction of sp³-hybridized carbons (Fsp3) is 0. The van der Waals surface area contributed by atoms with Crippen LogP contribution in [0.15, 0.2) is 40.9 Å². The lowest BCUT2D eigenvalue weighted by atomic mass is 10.2. The van der Waals surface area contributed by atoms with Gasteiger partial charge in [0, 0.05) is 11.1 Å². The van der Waals surface area contributed by atoms with Gasteiger partial charge in [-0.15, -0.1) is 0 Å². The molecular formula is C13H7BrClNO5. The van der Waals surface area contributed by atoms with Crippen molar-refractivity contribution in [3.8, 4) is 11.5 Å². The van der Waals surface area contributed by atoms with Crippen LogP contribution in [0.4, 0.5) is 5.69 Å². The van der Waals surface area contributed by atoms with Crippen LogP contribution < -0.4 is 4.74 Å². The molecule has 2 aromatic carbocycles. The van der Waals surface area contributed by atoms with Crippen LogP contribution in [-0.4, -0.2) is 16.0 Å². The van der Waals surface area contributed by atoms with Crippen LogP contribution in [0.5, 0.6) is 11.5 Å². The van der Waals surface area contributed by atoms with Gasteiger partial charge in [0.05, 0.1) is 15.5 Å². The van der Waals surface area contributed by atoms with E-state index in [2.05, 4.69) is 15.9 Å². The van der Waals surface area contributed by atoms with E-state index in [9.17, 15) is 14.9 Å². The zero-order chi connectivity index (χ0) is 15.6. The Morgan fingerprint density at radius 3 is 2.57 bits per heavy atom. The van der Waals surface area contributed by atoms with Gasteiger partial charge in [-0.05, 0) is 40.2 Å². The van der Waals surface area contributed by atoms with Gasteiger partial charge in [-0.2, -0.15) is 0 Å². The molecule has 0 bridgehead atoms. The Kier molecular flexibility index (Phi) is 4.44. The summed E-state index contributed by atoms with van der Waals surface area (Å²) in [5.41, 5.74) is -0.306. The van der Waals surface area contributed by atoms with Crippen LogP contribution in [0.1, 0.15) is 10.4 Å². The third-order valence-corrected chi connectivity index (χ3v) is 3.41. The summed E-state index contributed by atoms with van der Waals surface area (Å²) >= 11 is 8.94. The maximum Gasteiger partial charge on any atom is 0.339 e. The molecule has 0 unspecified atom stereocenters. The molecule has 0 aromatic heterocycles. The van der Waals surface area contributed by atoms with Gasteiger partial charge in [0.2, 0.25) is 0 Å². The number of hydrogen-bond donors (Lipinski definition) is 1. The predicted octanol–water partition coefficient (Wildman–Crippen LogP) is 4.50. The van der Waals surface area contributed by atoms with E-state index in [-0.39, 0.29) is 27.8 Å². The zero-order valence-corrected chi connectivity index (χ0v) is 12.6. The van der Waals surface area contributed by atoms with Crippen molar-refractivity contribution in [2.45, 2.75) is 0 Å². The highest BCUT2D eigenvalue weighted by Crippen LogP contribution is 2.35. The van der Waals surface area contributed by atoms with Crippen LogP contribution in [-0.2, 0) is 0 Å². The van der Waals surface area contributed by atoms with E-state index in [0.29, 0.717) is 4.47 Å². The molecule has 0 atom stereocenters. The summed E-state index contributed by atoms with van der Waals surface area (Å²) in [6, 6.07) is 8.04. The number of non-ortho nitro benzene ring substituents is 1. The minimum Gasteiger partial charge on any atom is -0.478 e. The number of carboxylic acid groups (broad SMARTS) is 1. The summed E-state index contributed by atoms with van der Waals surface area (Å²) in [7, 11) is 0. The van der Waals surface area contributed by atoms with Gasteiger partial charge >= 0.3 is 5.97 Å². The first-order valence-electron chi connectivity index (χ1n) is 5.53. The van der Waals surface area contributed by atoms with Crippen molar-refractivity contribution in [1.29, 1.82) is 0 Å². The van der Waals surface area contributed by atoms with E-state index in [4.69, 9.17) is 21.4 Å². The van der Waals surface area contributed by atoms with Crippen molar-refractivity contribution in [3.63, 3.8) is 0 Å². The number of aromatic carboxylic acids is 1. The number of benzene rings is 2. The SMILES string of the molecule is O=C(O)c1cc(Cl)ccc1Oc1cc([N+](=O)[O-])ccc1Br. The molecule has 1 N–H and O–H groups in total. The van der Waals surface area contributed by atoms with Crippen LogP contribution in [0.3, 0.4) is 0 Å². The normalized spacial score (nSPS) is 10.2. The van der Waals surface area contributed by atoms with Crippen LogP contribution >= 0.6 is 27.5 Å². The van der Waals surface area contributed by atoms with Crippen molar-refractivity contribution in [1.82, 2.24) is 0 Å². The van der Waals surface area contributed by atoms with Crippen molar-refractivity contribution >= 4 is 39.2 Å². The molecule has 0 aliphatic heterocycles. The minimum atomic E-state index is -1.21.